The summed E-state index contributed by atoms with van der Waals surface area (Å²) in [6.07, 6.45) is 0. The van der Waals surface area contributed by atoms with E-state index < -0.39 is 0 Å². The molecule has 0 unspecified atom stereocenters. The van der Waals surface area contributed by atoms with E-state index in [1.807, 2.05) is 48.5 Å². The Hall–Kier alpha value is -2.80. The van der Waals surface area contributed by atoms with Gasteiger partial charge in [-0.05, 0) is 48.5 Å². The molecule has 0 bridgehead atoms. The summed E-state index contributed by atoms with van der Waals surface area (Å²) in [4.78, 5) is 16.5. The van der Waals surface area contributed by atoms with Crippen LogP contribution in [0.1, 0.15) is 12.7 Å². The van der Waals surface area contributed by atoms with Gasteiger partial charge in [-0.25, -0.2) is 0 Å². The number of benzene rings is 2. The molecule has 3 aromatic rings. The molecule has 0 fully saturated rings. The number of hydrogen-bond donors (Lipinski definition) is 1. The van der Waals surface area contributed by atoms with Gasteiger partial charge >= 0.3 is 0 Å². The minimum atomic E-state index is -0.0849. The van der Waals surface area contributed by atoms with E-state index in [1.165, 1.54) is 6.92 Å². The molecule has 0 aliphatic carbocycles. The molecule has 128 valence electrons. The van der Waals surface area contributed by atoms with Crippen LogP contribution >= 0.6 is 11.8 Å². The minimum Gasteiger partial charge on any atom is -0.497 e. The number of ether oxygens (including phenoxy) is 1. The molecule has 1 N–H and O–H groups in total. The van der Waals surface area contributed by atoms with Crippen molar-refractivity contribution in [2.24, 2.45) is 0 Å². The Balaban J connectivity index is 1.60. The van der Waals surface area contributed by atoms with Crippen molar-refractivity contribution in [3.05, 3.63) is 54.4 Å². The highest BCUT2D eigenvalue weighted by atomic mass is 32.2. The molecule has 0 atom stereocenters. The van der Waals surface area contributed by atoms with Gasteiger partial charge in [0.15, 0.2) is 5.82 Å². The number of anilines is 1. The van der Waals surface area contributed by atoms with Crippen molar-refractivity contribution in [2.45, 2.75) is 17.6 Å². The summed E-state index contributed by atoms with van der Waals surface area (Å²) in [5, 5.41) is 6.75. The number of aromatic nitrogens is 2. The molecule has 0 spiro atoms. The van der Waals surface area contributed by atoms with Crippen LogP contribution in [0.4, 0.5) is 5.69 Å². The second kappa shape index (κ2) is 7.85. The van der Waals surface area contributed by atoms with Crippen LogP contribution in [0.5, 0.6) is 5.75 Å². The number of thioether (sulfide) groups is 1. The number of hydrogen-bond acceptors (Lipinski definition) is 6. The Morgan fingerprint density at radius 1 is 1.16 bits per heavy atom. The first-order chi connectivity index (χ1) is 12.1. The normalized spacial score (nSPS) is 10.5. The Bertz CT molecular complexity index is 845. The van der Waals surface area contributed by atoms with Gasteiger partial charge < -0.3 is 14.6 Å². The molecule has 0 aliphatic heterocycles. The number of nitrogens with one attached hydrogen (secondary N) is 1. The van der Waals surface area contributed by atoms with Crippen LogP contribution in [-0.4, -0.2) is 23.2 Å². The van der Waals surface area contributed by atoms with E-state index >= 15 is 0 Å². The van der Waals surface area contributed by atoms with Crippen LogP contribution < -0.4 is 10.1 Å². The number of carbonyl (C=O) groups excluding carboxylic acids is 1. The number of carbonyl (C=O) groups is 1. The monoisotopic (exact) mass is 355 g/mol. The summed E-state index contributed by atoms with van der Waals surface area (Å²) in [6, 6.07) is 15.1. The lowest BCUT2D eigenvalue weighted by molar-refractivity contribution is -0.114. The van der Waals surface area contributed by atoms with E-state index in [-0.39, 0.29) is 5.91 Å². The van der Waals surface area contributed by atoms with E-state index in [4.69, 9.17) is 9.26 Å². The smallest absolute Gasteiger partial charge is 0.257 e. The molecule has 25 heavy (non-hydrogen) atoms. The first-order valence-electron chi connectivity index (χ1n) is 7.61. The maximum Gasteiger partial charge on any atom is 0.257 e. The summed E-state index contributed by atoms with van der Waals surface area (Å²) in [7, 11) is 1.62. The first-order valence-corrected chi connectivity index (χ1v) is 8.60. The maximum atomic E-state index is 11.0. The molecule has 6 nitrogen and oxygen atoms in total. The van der Waals surface area contributed by atoms with Gasteiger partial charge in [0, 0.05) is 23.1 Å². The van der Waals surface area contributed by atoms with Crippen molar-refractivity contribution in [3.8, 4) is 17.2 Å². The molecule has 0 aliphatic rings. The quantitative estimate of drug-likeness (QED) is 0.674. The molecule has 2 aromatic carbocycles. The third-order valence-electron chi connectivity index (χ3n) is 3.35. The number of methoxy groups -OCH3 is 1. The van der Waals surface area contributed by atoms with Gasteiger partial charge in [0.05, 0.1) is 12.9 Å². The fourth-order valence-corrected chi connectivity index (χ4v) is 2.89. The highest BCUT2D eigenvalue weighted by Crippen LogP contribution is 2.25. The van der Waals surface area contributed by atoms with Crippen LogP contribution in [-0.2, 0) is 10.5 Å². The third-order valence-corrected chi connectivity index (χ3v) is 4.36. The average Bonchev–Trinajstić information content (AvgIpc) is 3.10. The lowest BCUT2D eigenvalue weighted by Crippen LogP contribution is -2.05. The van der Waals surface area contributed by atoms with Gasteiger partial charge in [0.25, 0.3) is 5.89 Å². The molecule has 0 radical (unpaired) electrons. The van der Waals surface area contributed by atoms with Crippen LogP contribution in [0.15, 0.2) is 57.9 Å². The highest BCUT2D eigenvalue weighted by Gasteiger charge is 2.09. The van der Waals surface area contributed by atoms with Gasteiger partial charge in [0.2, 0.25) is 5.91 Å². The zero-order valence-corrected chi connectivity index (χ0v) is 14.7. The molecule has 1 heterocycles. The van der Waals surface area contributed by atoms with E-state index in [2.05, 4.69) is 15.5 Å². The SMILES string of the molecule is COc1ccc(-c2nc(CSc3ccc(NC(C)=O)cc3)no2)cc1. The number of rotatable bonds is 6. The third kappa shape index (κ3) is 4.60. The lowest BCUT2D eigenvalue weighted by atomic mass is 10.2. The Kier molecular flexibility index (Phi) is 5.35. The Morgan fingerprint density at radius 2 is 1.88 bits per heavy atom. The van der Waals surface area contributed by atoms with Crippen LogP contribution in [0, 0.1) is 0 Å². The minimum absolute atomic E-state index is 0.0849. The molecule has 7 heteroatoms. The van der Waals surface area contributed by atoms with E-state index in [0.29, 0.717) is 17.5 Å². The summed E-state index contributed by atoms with van der Waals surface area (Å²) in [6.45, 7) is 1.49. The van der Waals surface area contributed by atoms with Crippen LogP contribution in [0.25, 0.3) is 11.5 Å². The van der Waals surface area contributed by atoms with Crippen molar-refractivity contribution in [1.82, 2.24) is 10.1 Å². The van der Waals surface area contributed by atoms with Gasteiger partial charge in [0.1, 0.15) is 5.75 Å². The van der Waals surface area contributed by atoms with Gasteiger partial charge in [-0.15, -0.1) is 11.8 Å². The largest absolute Gasteiger partial charge is 0.497 e. The maximum absolute atomic E-state index is 11.0. The Labute approximate surface area is 149 Å². The summed E-state index contributed by atoms with van der Waals surface area (Å²) < 4.78 is 10.4. The van der Waals surface area contributed by atoms with E-state index in [1.54, 1.807) is 18.9 Å². The highest BCUT2D eigenvalue weighted by molar-refractivity contribution is 7.98. The fourth-order valence-electron chi connectivity index (χ4n) is 2.15. The second-order valence-electron chi connectivity index (χ2n) is 5.24. The standard InChI is InChI=1S/C18H17N3O3S/c1-12(22)19-14-5-9-16(10-6-14)25-11-17-20-18(24-21-17)13-3-7-15(23-2)8-4-13/h3-10H,11H2,1-2H3,(H,19,22). The molecular formula is C18H17N3O3S. The van der Waals surface area contributed by atoms with Gasteiger partial charge in [-0.3, -0.25) is 4.79 Å². The zero-order chi connectivity index (χ0) is 17.6. The summed E-state index contributed by atoms with van der Waals surface area (Å²) in [5.74, 6) is 2.40. The van der Waals surface area contributed by atoms with Crippen molar-refractivity contribution < 1.29 is 14.1 Å². The first kappa shape index (κ1) is 17.0. The summed E-state index contributed by atoms with van der Waals surface area (Å²) in [5.41, 5.74) is 1.63. The van der Waals surface area contributed by atoms with E-state index in [9.17, 15) is 4.79 Å². The van der Waals surface area contributed by atoms with Gasteiger partial charge in [-0.1, -0.05) is 5.16 Å². The molecule has 1 amide bonds. The predicted molar refractivity (Wildman–Crippen MR) is 96.6 cm³/mol. The van der Waals surface area contributed by atoms with Crippen molar-refractivity contribution in [2.75, 3.05) is 12.4 Å². The number of amides is 1. The topological polar surface area (TPSA) is 77.2 Å². The fraction of sp³-hybridized carbons (Fsp3) is 0.167. The predicted octanol–water partition coefficient (Wildman–Crippen LogP) is 4.00. The summed E-state index contributed by atoms with van der Waals surface area (Å²) >= 11 is 1.60. The van der Waals surface area contributed by atoms with Crippen LogP contribution in [0.3, 0.4) is 0 Å². The molecular weight excluding hydrogens is 338 g/mol. The van der Waals surface area contributed by atoms with Gasteiger partial charge in [-0.2, -0.15) is 4.98 Å². The van der Waals surface area contributed by atoms with Crippen LogP contribution in [0.2, 0.25) is 0 Å². The lowest BCUT2D eigenvalue weighted by Gasteiger charge is -2.03. The van der Waals surface area contributed by atoms with Crippen molar-refractivity contribution >= 4 is 23.4 Å². The number of nitrogens with zero attached hydrogens (tertiary/aromatic N) is 2. The molecule has 1 aromatic heterocycles. The van der Waals surface area contributed by atoms with Crippen molar-refractivity contribution in [3.63, 3.8) is 0 Å². The molecule has 0 saturated heterocycles. The Morgan fingerprint density at radius 3 is 2.52 bits per heavy atom. The molecule has 0 saturated carbocycles. The average molecular weight is 355 g/mol. The zero-order valence-electron chi connectivity index (χ0n) is 13.9. The van der Waals surface area contributed by atoms with E-state index in [0.717, 1.165) is 21.9 Å². The molecule has 3 rings (SSSR count). The second-order valence-corrected chi connectivity index (χ2v) is 6.29. The van der Waals surface area contributed by atoms with Crippen molar-refractivity contribution in [1.29, 1.82) is 0 Å².